The Morgan fingerprint density at radius 1 is 0.745 bits per heavy atom. The van der Waals surface area contributed by atoms with E-state index in [9.17, 15) is 15.0 Å². The number of hydrogen-bond acceptors (Lipinski definition) is 11. The van der Waals surface area contributed by atoms with Crippen molar-refractivity contribution in [3.63, 3.8) is 0 Å². The lowest BCUT2D eigenvalue weighted by atomic mass is 9.79. The Bertz CT molecular complexity index is 1360. The van der Waals surface area contributed by atoms with Crippen LogP contribution in [0.1, 0.15) is 97.3 Å². The van der Waals surface area contributed by atoms with Crippen molar-refractivity contribution in [2.24, 2.45) is 17.8 Å². The highest BCUT2D eigenvalue weighted by atomic mass is 16.8. The van der Waals surface area contributed by atoms with Gasteiger partial charge in [0.25, 0.3) is 0 Å². The van der Waals surface area contributed by atoms with E-state index in [1.807, 2.05) is 0 Å². The third kappa shape index (κ3) is 6.53. The molecular formula is C40H58O11. The van der Waals surface area contributed by atoms with Crippen LogP contribution in [-0.4, -0.2) is 120 Å². The van der Waals surface area contributed by atoms with Gasteiger partial charge < -0.3 is 48.1 Å². The maximum absolute atomic E-state index is 14.0. The van der Waals surface area contributed by atoms with Gasteiger partial charge in [-0.2, -0.15) is 0 Å². The van der Waals surface area contributed by atoms with Crippen molar-refractivity contribution in [2.45, 2.75) is 195 Å². The molecule has 284 valence electrons. The van der Waals surface area contributed by atoms with Crippen molar-refractivity contribution in [1.29, 1.82) is 0 Å². The molecule has 10 saturated heterocycles. The Morgan fingerprint density at radius 2 is 1.49 bits per heavy atom. The Morgan fingerprint density at radius 3 is 2.33 bits per heavy atom. The zero-order valence-corrected chi connectivity index (χ0v) is 30.3. The second-order valence-electron chi connectivity index (χ2n) is 17.5. The Kier molecular flexibility index (Phi) is 9.59. The van der Waals surface area contributed by atoms with Gasteiger partial charge in [-0.15, -0.1) is 0 Å². The van der Waals surface area contributed by atoms with Crippen LogP contribution in [0, 0.1) is 17.8 Å². The number of hydrogen-bond donors (Lipinski definition) is 2. The summed E-state index contributed by atoms with van der Waals surface area (Å²) in [5, 5.41) is 20.0. The molecule has 12 bridgehead atoms. The smallest absolute Gasteiger partial charge is 0.172 e. The summed E-state index contributed by atoms with van der Waals surface area (Å²) in [5.41, 5.74) is 2.22. The van der Waals surface area contributed by atoms with E-state index in [4.69, 9.17) is 37.9 Å². The second kappa shape index (κ2) is 13.8. The fraction of sp³-hybridized carbons (Fsp3) is 0.875. The Balaban J connectivity index is 0.986. The van der Waals surface area contributed by atoms with Gasteiger partial charge in [0.1, 0.15) is 36.3 Å². The molecule has 0 saturated carbocycles. The summed E-state index contributed by atoms with van der Waals surface area (Å²) in [6.45, 7) is 12.9. The normalized spacial score (nSPS) is 53.2. The summed E-state index contributed by atoms with van der Waals surface area (Å²) in [4.78, 5) is 14.0. The zero-order chi connectivity index (χ0) is 35.2. The minimum atomic E-state index is -0.872. The number of carbonyl (C=O) groups excluding carboxylic acids is 1. The highest BCUT2D eigenvalue weighted by Crippen LogP contribution is 2.54. The molecule has 1 spiro atoms. The van der Waals surface area contributed by atoms with Crippen LogP contribution in [0.25, 0.3) is 0 Å². The van der Waals surface area contributed by atoms with Gasteiger partial charge in [-0.1, -0.05) is 27.0 Å². The molecule has 10 aliphatic rings. The lowest BCUT2D eigenvalue weighted by Gasteiger charge is -2.47. The predicted octanol–water partition coefficient (Wildman–Crippen LogP) is 4.09. The fourth-order valence-electron chi connectivity index (χ4n) is 11.3. The third-order valence-electron chi connectivity index (χ3n) is 14.1. The molecule has 2 unspecified atom stereocenters. The molecule has 0 aromatic carbocycles. The average molecular weight is 715 g/mol. The van der Waals surface area contributed by atoms with Gasteiger partial charge in [0.15, 0.2) is 5.79 Å². The van der Waals surface area contributed by atoms with E-state index in [1.54, 1.807) is 0 Å². The molecule has 10 fully saturated rings. The molecule has 11 nitrogen and oxygen atoms in total. The van der Waals surface area contributed by atoms with E-state index >= 15 is 0 Å². The highest BCUT2D eigenvalue weighted by Gasteiger charge is 2.68. The molecule has 0 amide bonds. The maximum atomic E-state index is 14.0. The largest absolute Gasteiger partial charge is 0.394 e. The van der Waals surface area contributed by atoms with Crippen LogP contribution in [0.4, 0.5) is 0 Å². The number of aliphatic hydroxyl groups excluding tert-OH is 2. The van der Waals surface area contributed by atoms with Crippen LogP contribution in [0.15, 0.2) is 24.3 Å². The summed E-state index contributed by atoms with van der Waals surface area (Å²) >= 11 is 0. The third-order valence-corrected chi connectivity index (χ3v) is 14.1. The number of ketones is 1. The molecule has 51 heavy (non-hydrogen) atoms. The minimum Gasteiger partial charge on any atom is -0.394 e. The first-order valence-corrected chi connectivity index (χ1v) is 20.0. The van der Waals surface area contributed by atoms with E-state index in [-0.39, 0.29) is 110 Å². The summed E-state index contributed by atoms with van der Waals surface area (Å²) in [7, 11) is 0. The molecule has 0 radical (unpaired) electrons. The number of fused-ring (bicyclic) bond motifs is 6. The molecule has 0 aliphatic carbocycles. The molecule has 0 aromatic rings. The van der Waals surface area contributed by atoms with Gasteiger partial charge in [0, 0.05) is 38.5 Å². The van der Waals surface area contributed by atoms with Crippen molar-refractivity contribution in [3.8, 4) is 0 Å². The topological polar surface area (TPSA) is 131 Å². The fourth-order valence-corrected chi connectivity index (χ4v) is 11.3. The van der Waals surface area contributed by atoms with E-state index in [0.717, 1.165) is 56.1 Å². The van der Waals surface area contributed by atoms with E-state index in [0.29, 0.717) is 44.4 Å². The number of carbonyl (C=O) groups is 1. The van der Waals surface area contributed by atoms with Crippen LogP contribution in [0.3, 0.4) is 0 Å². The van der Waals surface area contributed by atoms with E-state index in [1.165, 1.54) is 0 Å². The van der Waals surface area contributed by atoms with Crippen LogP contribution in [0.5, 0.6) is 0 Å². The van der Waals surface area contributed by atoms with E-state index in [2.05, 4.69) is 27.0 Å². The first kappa shape index (κ1) is 35.5. The molecule has 0 aromatic heterocycles. The molecule has 19 atom stereocenters. The monoisotopic (exact) mass is 714 g/mol. The van der Waals surface area contributed by atoms with Gasteiger partial charge in [0.2, 0.25) is 0 Å². The second-order valence-corrected chi connectivity index (χ2v) is 17.5. The first-order chi connectivity index (χ1) is 24.6. The summed E-state index contributed by atoms with van der Waals surface area (Å²) in [6, 6.07) is 0. The lowest BCUT2D eigenvalue weighted by Crippen LogP contribution is -2.61. The standard InChI is InChI=1S/C40H58O11/c1-19-11-25-5-7-29-20(2)12-27(44-29)9-10-40-17-34-36(50-40)37-38(49-34)39(51-40)35-30(48-37)8-6-26(46-35)13-23(42)14-28-22(4)31(15-24(43)18-41)47-33(28)16-32(45-25)21(19)3/h19,22,24-39,41,43H,2-3,5-18H2,1,4H3/t19-,22-,24+,25+,26-,27+,28-,29?,30+,31-,32?,33+,34-,35+,36+,37+,38-,39+,40+/m1/s1. The Hall–Kier alpha value is -1.25. The van der Waals surface area contributed by atoms with Crippen LogP contribution in [0.2, 0.25) is 0 Å². The predicted molar refractivity (Wildman–Crippen MR) is 183 cm³/mol. The number of Topliss-reactive ketones (excluding diaryl/α,β-unsaturated/α-hetero) is 1. The van der Waals surface area contributed by atoms with Gasteiger partial charge >= 0.3 is 0 Å². The lowest BCUT2D eigenvalue weighted by molar-refractivity contribution is -0.292. The van der Waals surface area contributed by atoms with Crippen molar-refractivity contribution in [3.05, 3.63) is 24.3 Å². The quantitative estimate of drug-likeness (QED) is 0.410. The van der Waals surface area contributed by atoms with Crippen molar-refractivity contribution < 1.29 is 52.9 Å². The highest BCUT2D eigenvalue weighted by molar-refractivity contribution is 5.79. The van der Waals surface area contributed by atoms with Gasteiger partial charge in [-0.25, -0.2) is 0 Å². The zero-order valence-electron chi connectivity index (χ0n) is 30.3. The summed E-state index contributed by atoms with van der Waals surface area (Å²) < 4.78 is 53.9. The van der Waals surface area contributed by atoms with Gasteiger partial charge in [-0.3, -0.25) is 4.79 Å². The number of rotatable bonds is 3. The average Bonchev–Trinajstić information content (AvgIpc) is 3.77. The van der Waals surface area contributed by atoms with Crippen molar-refractivity contribution in [2.75, 3.05) is 6.61 Å². The van der Waals surface area contributed by atoms with Crippen molar-refractivity contribution in [1.82, 2.24) is 0 Å². The maximum Gasteiger partial charge on any atom is 0.172 e. The van der Waals surface area contributed by atoms with E-state index < -0.39 is 11.9 Å². The molecule has 10 heterocycles. The number of aliphatic hydroxyl groups is 2. The summed E-state index contributed by atoms with van der Waals surface area (Å²) in [6.07, 6.45) is 5.65. The minimum absolute atomic E-state index is 0.00894. The van der Waals surface area contributed by atoms with Gasteiger partial charge in [0.05, 0.1) is 67.6 Å². The van der Waals surface area contributed by atoms with Crippen LogP contribution >= 0.6 is 0 Å². The first-order valence-electron chi connectivity index (χ1n) is 20.0. The van der Waals surface area contributed by atoms with Crippen LogP contribution < -0.4 is 0 Å². The van der Waals surface area contributed by atoms with Gasteiger partial charge in [-0.05, 0) is 73.8 Å². The summed E-state index contributed by atoms with van der Waals surface area (Å²) in [5.74, 6) is -0.367. The van der Waals surface area contributed by atoms with Crippen molar-refractivity contribution >= 4 is 5.78 Å². The SMILES string of the molecule is C=C1C[C@@H]2CC[C@@]34C[C@H]5O[C@H]6[C@@H](O3)[C@H]3O[C@H](CC[C@@H]3O[C@H]6[C@H]5O4)CC(=O)C[C@@H]3[C@@H](C)[C@@H](C[C@H](O)CO)O[C@H]3CC3O[C@@H](CCC1O2)C[C@@H](C)C3=C. The van der Waals surface area contributed by atoms with Crippen LogP contribution in [-0.2, 0) is 42.7 Å². The molecule has 10 aliphatic heterocycles. The molecule has 2 N–H and O–H groups in total. The molecular weight excluding hydrogens is 656 g/mol. The number of ether oxygens (including phenoxy) is 8. The molecule has 10 rings (SSSR count). The molecule has 11 heteroatoms. The Labute approximate surface area is 301 Å².